The van der Waals surface area contributed by atoms with Crippen molar-refractivity contribution in [2.24, 2.45) is 11.1 Å². The molecule has 4 heteroatoms. The number of aromatic hydroxyl groups is 1. The van der Waals surface area contributed by atoms with E-state index in [1.807, 2.05) is 19.1 Å². The summed E-state index contributed by atoms with van der Waals surface area (Å²) in [5.41, 5.74) is 4.92. The van der Waals surface area contributed by atoms with Gasteiger partial charge in [-0.15, -0.1) is 0 Å². The van der Waals surface area contributed by atoms with Crippen molar-refractivity contribution in [2.75, 3.05) is 6.61 Å². The van der Waals surface area contributed by atoms with Crippen LogP contribution in [0.3, 0.4) is 0 Å². The number of hydrogen-bond acceptors (Lipinski definition) is 4. The van der Waals surface area contributed by atoms with E-state index in [0.717, 1.165) is 48.3 Å². The van der Waals surface area contributed by atoms with Crippen molar-refractivity contribution in [1.29, 1.82) is 0 Å². The summed E-state index contributed by atoms with van der Waals surface area (Å²) >= 11 is 0. The molecule has 0 saturated heterocycles. The fourth-order valence-electron chi connectivity index (χ4n) is 4.95. The van der Waals surface area contributed by atoms with Gasteiger partial charge in [-0.2, -0.15) is 0 Å². The second-order valence-corrected chi connectivity index (χ2v) is 9.42. The van der Waals surface area contributed by atoms with Crippen LogP contribution in [0.5, 0.6) is 11.5 Å². The maximum Gasteiger partial charge on any atom is 0.127 e. The van der Waals surface area contributed by atoms with E-state index in [1.54, 1.807) is 6.07 Å². The predicted molar refractivity (Wildman–Crippen MR) is 125 cm³/mol. The van der Waals surface area contributed by atoms with Crippen molar-refractivity contribution in [2.45, 2.75) is 64.9 Å². The van der Waals surface area contributed by atoms with Crippen LogP contribution in [0.15, 0.2) is 59.3 Å². The van der Waals surface area contributed by atoms with Gasteiger partial charge in [0, 0.05) is 23.0 Å². The monoisotopic (exact) mass is 419 g/mol. The smallest absolute Gasteiger partial charge is 0.127 e. The van der Waals surface area contributed by atoms with Gasteiger partial charge < -0.3 is 14.7 Å². The molecule has 1 heterocycles. The van der Waals surface area contributed by atoms with Crippen LogP contribution < -0.4 is 4.74 Å². The van der Waals surface area contributed by atoms with Crippen LogP contribution in [0.25, 0.3) is 0 Å². The Morgan fingerprint density at radius 3 is 2.77 bits per heavy atom. The number of benzene rings is 2. The van der Waals surface area contributed by atoms with E-state index in [0.29, 0.717) is 18.3 Å². The van der Waals surface area contributed by atoms with Crippen molar-refractivity contribution in [3.05, 3.63) is 70.8 Å². The number of aryl methyl sites for hydroxylation is 1. The molecule has 0 spiro atoms. The van der Waals surface area contributed by atoms with Gasteiger partial charge in [-0.1, -0.05) is 47.1 Å². The highest BCUT2D eigenvalue weighted by atomic mass is 16.6. The Hall–Kier alpha value is -2.75. The van der Waals surface area contributed by atoms with Crippen LogP contribution in [0.4, 0.5) is 0 Å². The largest absolute Gasteiger partial charge is 0.507 e. The molecular formula is C27H33NO3. The van der Waals surface area contributed by atoms with Gasteiger partial charge in [0.05, 0.1) is 5.71 Å². The fraction of sp³-hybridized carbons (Fsp3) is 0.444. The van der Waals surface area contributed by atoms with E-state index in [1.165, 1.54) is 11.1 Å². The van der Waals surface area contributed by atoms with Crippen LogP contribution in [0.2, 0.25) is 0 Å². The van der Waals surface area contributed by atoms with Gasteiger partial charge in [-0.05, 0) is 71.1 Å². The summed E-state index contributed by atoms with van der Waals surface area (Å²) in [6, 6.07) is 14.2. The lowest BCUT2D eigenvalue weighted by Gasteiger charge is -2.47. The van der Waals surface area contributed by atoms with E-state index in [9.17, 15) is 5.11 Å². The van der Waals surface area contributed by atoms with Crippen LogP contribution in [-0.4, -0.2) is 23.0 Å². The molecule has 0 bridgehead atoms. The lowest BCUT2D eigenvalue weighted by atomic mass is 9.67. The average molecular weight is 420 g/mol. The summed E-state index contributed by atoms with van der Waals surface area (Å²) in [6.45, 7) is 8.95. The summed E-state index contributed by atoms with van der Waals surface area (Å²) in [5.74, 6) is 1.72. The number of ether oxygens (including phenoxy) is 1. The Bertz CT molecular complexity index is 991. The summed E-state index contributed by atoms with van der Waals surface area (Å²) in [4.78, 5) is 5.55. The summed E-state index contributed by atoms with van der Waals surface area (Å²) in [7, 11) is 0. The number of fused-ring (bicyclic) bond motifs is 3. The van der Waals surface area contributed by atoms with Gasteiger partial charge in [-0.3, -0.25) is 0 Å². The minimum absolute atomic E-state index is 0.279. The van der Waals surface area contributed by atoms with Crippen LogP contribution >= 0.6 is 0 Å². The van der Waals surface area contributed by atoms with Gasteiger partial charge in [0.25, 0.3) is 0 Å². The highest BCUT2D eigenvalue weighted by molar-refractivity contribution is 5.99. The first-order chi connectivity index (χ1) is 14.8. The number of nitrogens with zero attached hydrogens (tertiary/aromatic N) is 1. The van der Waals surface area contributed by atoms with Gasteiger partial charge in [0.2, 0.25) is 0 Å². The van der Waals surface area contributed by atoms with Gasteiger partial charge in [0.15, 0.2) is 0 Å². The third kappa shape index (κ3) is 4.63. The summed E-state index contributed by atoms with van der Waals surface area (Å²) < 4.78 is 6.40. The molecule has 0 radical (unpaired) electrons. The molecule has 1 aliphatic heterocycles. The lowest BCUT2D eigenvalue weighted by Crippen LogP contribution is -2.45. The van der Waals surface area contributed by atoms with E-state index >= 15 is 0 Å². The van der Waals surface area contributed by atoms with Crippen molar-refractivity contribution < 1.29 is 14.7 Å². The van der Waals surface area contributed by atoms with Crippen LogP contribution in [0.1, 0.15) is 69.6 Å². The second-order valence-electron chi connectivity index (χ2n) is 9.42. The Balaban J connectivity index is 1.47. The van der Waals surface area contributed by atoms with E-state index in [4.69, 9.17) is 9.57 Å². The number of phenolic OH excluding ortho intramolecular Hbond substituents is 1. The Labute approximate surface area is 185 Å². The Morgan fingerprint density at radius 2 is 2.00 bits per heavy atom. The number of allylic oxidation sites excluding steroid dienone is 2. The maximum atomic E-state index is 10.9. The number of phenols is 1. The Morgan fingerprint density at radius 1 is 1.23 bits per heavy atom. The van der Waals surface area contributed by atoms with Gasteiger partial charge >= 0.3 is 0 Å². The number of rotatable bonds is 6. The van der Waals surface area contributed by atoms with Crippen molar-refractivity contribution in [1.82, 2.24) is 0 Å². The number of oxime groups is 1. The molecule has 4 nitrogen and oxygen atoms in total. The highest BCUT2D eigenvalue weighted by Crippen LogP contribution is 2.54. The first-order valence-corrected chi connectivity index (χ1v) is 11.3. The predicted octanol–water partition coefficient (Wildman–Crippen LogP) is 6.38. The number of hydrogen-bond donors (Lipinski definition) is 1. The molecule has 31 heavy (non-hydrogen) atoms. The molecule has 1 aliphatic carbocycles. The van der Waals surface area contributed by atoms with E-state index in [-0.39, 0.29) is 11.5 Å². The minimum atomic E-state index is -0.279. The molecule has 4 rings (SSSR count). The molecule has 0 fully saturated rings. The summed E-state index contributed by atoms with van der Waals surface area (Å²) in [5, 5.41) is 15.2. The topological polar surface area (TPSA) is 51.1 Å². The normalized spacial score (nSPS) is 22.1. The van der Waals surface area contributed by atoms with Gasteiger partial charge in [-0.25, -0.2) is 0 Å². The molecule has 0 saturated carbocycles. The first-order valence-electron chi connectivity index (χ1n) is 11.3. The zero-order valence-corrected chi connectivity index (χ0v) is 19.0. The molecular weight excluding hydrogens is 386 g/mol. The zero-order chi connectivity index (χ0) is 22.0. The third-order valence-electron chi connectivity index (χ3n) is 6.67. The van der Waals surface area contributed by atoms with Crippen molar-refractivity contribution >= 4 is 5.71 Å². The van der Waals surface area contributed by atoms with Gasteiger partial charge in [0.1, 0.15) is 23.7 Å². The molecule has 0 unspecified atom stereocenters. The standard InChI is InChI=1S/C27H33NO3/c1-18-12-13-23-22(15-18)26-24(29)16-21(17-25(26)31-27(23,3)4)19(2)28-30-14-8-11-20-9-6-5-7-10-20/h5-7,9-10,12,16-17,22-23,29H,8,11,13-15H2,1-4H3/b28-19+/t22-,23-/m0/s1. The quantitative estimate of drug-likeness (QED) is 0.256. The van der Waals surface area contributed by atoms with Crippen molar-refractivity contribution in [3.8, 4) is 11.5 Å². The molecule has 164 valence electrons. The lowest BCUT2D eigenvalue weighted by molar-refractivity contribution is 0.00760. The van der Waals surface area contributed by atoms with Crippen LogP contribution in [0, 0.1) is 5.92 Å². The van der Waals surface area contributed by atoms with E-state index in [2.05, 4.69) is 56.3 Å². The van der Waals surface area contributed by atoms with E-state index < -0.39 is 0 Å². The minimum Gasteiger partial charge on any atom is -0.507 e. The molecule has 0 aromatic heterocycles. The first kappa shape index (κ1) is 21.5. The summed E-state index contributed by atoms with van der Waals surface area (Å²) in [6.07, 6.45) is 6.14. The SMILES string of the molecule is CC1=CC[C@H]2[C@H](C1)c1c(O)cc(/C(C)=N/OCCCc3ccccc3)cc1OC2(C)C. The fourth-order valence-corrected chi connectivity index (χ4v) is 4.95. The average Bonchev–Trinajstić information content (AvgIpc) is 2.73. The molecule has 2 aliphatic rings. The van der Waals surface area contributed by atoms with Crippen molar-refractivity contribution in [3.63, 3.8) is 0 Å². The zero-order valence-electron chi connectivity index (χ0n) is 19.0. The molecule has 1 N–H and O–H groups in total. The molecule has 2 atom stereocenters. The maximum absolute atomic E-state index is 10.9. The highest BCUT2D eigenvalue weighted by Gasteiger charge is 2.45. The Kier molecular flexibility index (Phi) is 6.08. The second kappa shape index (κ2) is 8.78. The molecule has 2 aromatic carbocycles. The molecule has 0 amide bonds. The third-order valence-corrected chi connectivity index (χ3v) is 6.67. The van der Waals surface area contributed by atoms with Crippen LogP contribution in [-0.2, 0) is 11.3 Å². The molecule has 2 aromatic rings.